The number of nitrogens with zero attached hydrogens (tertiary/aromatic N) is 3. The molecule has 0 aliphatic rings. The van der Waals surface area contributed by atoms with E-state index in [0.717, 1.165) is 23.3 Å². The highest BCUT2D eigenvalue weighted by Crippen LogP contribution is 2.11. The van der Waals surface area contributed by atoms with Gasteiger partial charge in [-0.25, -0.2) is 0 Å². The largest absolute Gasteiger partial charge is 0.319 e. The number of nitrogens with one attached hydrogen (secondary N) is 1. The molecule has 1 N–H and O–H groups in total. The standard InChI is InChI=1S/C6H11BrN4/c1-8-4-3-5-6(7)9-10-11(5)2/h8H,3-4H2,1-2H3. The summed E-state index contributed by atoms with van der Waals surface area (Å²) in [5.41, 5.74) is 1.12. The van der Waals surface area contributed by atoms with Crippen LogP contribution in [-0.2, 0) is 13.5 Å². The summed E-state index contributed by atoms with van der Waals surface area (Å²) in [7, 11) is 3.82. The number of hydrogen-bond donors (Lipinski definition) is 1. The SMILES string of the molecule is CNCCc1c(Br)nnn1C. The number of aromatic nitrogens is 3. The van der Waals surface area contributed by atoms with Gasteiger partial charge >= 0.3 is 0 Å². The maximum absolute atomic E-state index is 3.87. The van der Waals surface area contributed by atoms with Crippen LogP contribution < -0.4 is 5.32 Å². The van der Waals surface area contributed by atoms with E-state index in [1.165, 1.54) is 0 Å². The normalized spacial score (nSPS) is 10.5. The first-order chi connectivity index (χ1) is 5.25. The zero-order valence-corrected chi connectivity index (χ0v) is 8.22. The van der Waals surface area contributed by atoms with Gasteiger partial charge in [0.25, 0.3) is 0 Å². The molecule has 1 aromatic heterocycles. The highest BCUT2D eigenvalue weighted by atomic mass is 79.9. The van der Waals surface area contributed by atoms with Crippen LogP contribution in [0.1, 0.15) is 5.69 Å². The first-order valence-corrected chi connectivity index (χ1v) is 4.23. The van der Waals surface area contributed by atoms with E-state index in [-0.39, 0.29) is 0 Å². The van der Waals surface area contributed by atoms with Crippen LogP contribution in [-0.4, -0.2) is 28.6 Å². The molecule has 0 saturated heterocycles. The fraction of sp³-hybridized carbons (Fsp3) is 0.667. The maximum atomic E-state index is 3.87. The van der Waals surface area contributed by atoms with Gasteiger partial charge in [-0.15, -0.1) is 5.10 Å². The van der Waals surface area contributed by atoms with Crippen LogP contribution in [0.2, 0.25) is 0 Å². The van der Waals surface area contributed by atoms with Crippen molar-refractivity contribution in [1.82, 2.24) is 20.3 Å². The third-order valence-electron chi connectivity index (χ3n) is 1.51. The van der Waals surface area contributed by atoms with Gasteiger partial charge < -0.3 is 5.32 Å². The van der Waals surface area contributed by atoms with Crippen LogP contribution in [0.5, 0.6) is 0 Å². The van der Waals surface area contributed by atoms with E-state index in [2.05, 4.69) is 31.6 Å². The van der Waals surface area contributed by atoms with E-state index in [1.54, 1.807) is 4.68 Å². The van der Waals surface area contributed by atoms with Crippen LogP contribution in [0.15, 0.2) is 4.60 Å². The van der Waals surface area contributed by atoms with E-state index in [4.69, 9.17) is 0 Å². The Labute approximate surface area is 74.1 Å². The van der Waals surface area contributed by atoms with E-state index in [9.17, 15) is 0 Å². The molecule has 0 spiro atoms. The van der Waals surface area contributed by atoms with Crippen molar-refractivity contribution in [3.63, 3.8) is 0 Å². The number of aryl methyl sites for hydroxylation is 1. The molecular formula is C6H11BrN4. The van der Waals surface area contributed by atoms with Crippen molar-refractivity contribution < 1.29 is 0 Å². The van der Waals surface area contributed by atoms with Gasteiger partial charge in [0.2, 0.25) is 0 Å². The predicted molar refractivity (Wildman–Crippen MR) is 46.3 cm³/mol. The molecule has 62 valence electrons. The monoisotopic (exact) mass is 218 g/mol. The van der Waals surface area contributed by atoms with Crippen LogP contribution >= 0.6 is 15.9 Å². The molecule has 0 amide bonds. The van der Waals surface area contributed by atoms with E-state index in [1.807, 2.05) is 14.1 Å². The first-order valence-electron chi connectivity index (χ1n) is 3.44. The minimum Gasteiger partial charge on any atom is -0.319 e. The van der Waals surface area contributed by atoms with Gasteiger partial charge in [0.15, 0.2) is 4.60 Å². The Bertz CT molecular complexity index is 213. The molecule has 1 heterocycles. The lowest BCUT2D eigenvalue weighted by molar-refractivity contribution is 0.659. The molecule has 0 fully saturated rings. The molecule has 1 rings (SSSR count). The van der Waals surface area contributed by atoms with E-state index < -0.39 is 0 Å². The lowest BCUT2D eigenvalue weighted by Crippen LogP contribution is -2.12. The molecule has 0 bridgehead atoms. The highest BCUT2D eigenvalue weighted by Gasteiger charge is 2.05. The lowest BCUT2D eigenvalue weighted by atomic mass is 10.3. The summed E-state index contributed by atoms with van der Waals surface area (Å²) in [6.07, 6.45) is 0.945. The summed E-state index contributed by atoms with van der Waals surface area (Å²) in [6.45, 7) is 0.944. The topological polar surface area (TPSA) is 42.7 Å². The zero-order chi connectivity index (χ0) is 8.27. The van der Waals surface area contributed by atoms with Crippen molar-refractivity contribution in [2.75, 3.05) is 13.6 Å². The van der Waals surface area contributed by atoms with Gasteiger partial charge in [-0.2, -0.15) is 0 Å². The molecule has 0 aliphatic heterocycles. The Morgan fingerprint density at radius 1 is 1.64 bits per heavy atom. The Hall–Kier alpha value is -0.420. The fourth-order valence-electron chi connectivity index (χ4n) is 0.860. The molecule has 0 aromatic carbocycles. The molecule has 0 radical (unpaired) electrons. The molecule has 4 nitrogen and oxygen atoms in total. The second-order valence-electron chi connectivity index (χ2n) is 2.30. The smallest absolute Gasteiger partial charge is 0.151 e. The molecule has 5 heteroatoms. The van der Waals surface area contributed by atoms with Crippen LogP contribution in [0, 0.1) is 0 Å². The minimum atomic E-state index is 0.843. The van der Waals surface area contributed by atoms with Gasteiger partial charge in [0.1, 0.15) is 0 Å². The van der Waals surface area contributed by atoms with Gasteiger partial charge in [-0.1, -0.05) is 5.21 Å². The van der Waals surface area contributed by atoms with Crippen LogP contribution in [0.25, 0.3) is 0 Å². The Morgan fingerprint density at radius 3 is 2.82 bits per heavy atom. The van der Waals surface area contributed by atoms with Crippen molar-refractivity contribution in [1.29, 1.82) is 0 Å². The van der Waals surface area contributed by atoms with Crippen molar-refractivity contribution in [2.24, 2.45) is 7.05 Å². The average molecular weight is 219 g/mol. The summed E-state index contributed by atoms with van der Waals surface area (Å²) in [5.74, 6) is 0. The molecule has 11 heavy (non-hydrogen) atoms. The summed E-state index contributed by atoms with van der Waals surface area (Å²) < 4.78 is 2.62. The first kappa shape index (κ1) is 8.67. The van der Waals surface area contributed by atoms with Gasteiger partial charge in [0, 0.05) is 20.0 Å². The second kappa shape index (κ2) is 3.82. The zero-order valence-electron chi connectivity index (χ0n) is 6.63. The predicted octanol–water partition coefficient (Wildman–Crippen LogP) is 0.339. The van der Waals surface area contributed by atoms with Gasteiger partial charge in [-0.05, 0) is 23.0 Å². The Morgan fingerprint density at radius 2 is 2.36 bits per heavy atom. The van der Waals surface area contributed by atoms with Crippen LogP contribution in [0.4, 0.5) is 0 Å². The minimum absolute atomic E-state index is 0.843. The molecular weight excluding hydrogens is 208 g/mol. The summed E-state index contributed by atoms with van der Waals surface area (Å²) in [4.78, 5) is 0. The molecule has 0 aliphatic carbocycles. The number of halogens is 1. The summed E-state index contributed by atoms with van der Waals surface area (Å²) >= 11 is 3.33. The van der Waals surface area contributed by atoms with Gasteiger partial charge in [0.05, 0.1) is 5.69 Å². The highest BCUT2D eigenvalue weighted by molar-refractivity contribution is 9.10. The van der Waals surface area contributed by atoms with Crippen molar-refractivity contribution >= 4 is 15.9 Å². The van der Waals surface area contributed by atoms with Crippen LogP contribution in [0.3, 0.4) is 0 Å². The summed E-state index contributed by atoms with van der Waals surface area (Å²) in [6, 6.07) is 0. The van der Waals surface area contributed by atoms with E-state index in [0.29, 0.717) is 0 Å². The fourth-order valence-corrected chi connectivity index (χ4v) is 1.39. The maximum Gasteiger partial charge on any atom is 0.151 e. The number of likely N-dealkylation sites (N-methyl/N-ethyl adjacent to an activating group) is 1. The number of hydrogen-bond acceptors (Lipinski definition) is 3. The van der Waals surface area contributed by atoms with Crippen molar-refractivity contribution in [2.45, 2.75) is 6.42 Å². The second-order valence-corrected chi connectivity index (χ2v) is 3.06. The van der Waals surface area contributed by atoms with Crippen molar-refractivity contribution in [3.05, 3.63) is 10.3 Å². The molecule has 0 saturated carbocycles. The van der Waals surface area contributed by atoms with Crippen molar-refractivity contribution in [3.8, 4) is 0 Å². The van der Waals surface area contributed by atoms with Gasteiger partial charge in [-0.3, -0.25) is 4.68 Å². The molecule has 0 atom stereocenters. The Balaban J connectivity index is 2.67. The Kier molecular flexibility index (Phi) is 3.02. The molecule has 1 aromatic rings. The lowest BCUT2D eigenvalue weighted by Gasteiger charge is -1.99. The number of rotatable bonds is 3. The molecule has 0 unspecified atom stereocenters. The third kappa shape index (κ3) is 2.00. The average Bonchev–Trinajstić information content (AvgIpc) is 2.29. The quantitative estimate of drug-likeness (QED) is 0.797. The van der Waals surface area contributed by atoms with E-state index >= 15 is 0 Å². The third-order valence-corrected chi connectivity index (χ3v) is 2.12. The summed E-state index contributed by atoms with van der Waals surface area (Å²) in [5, 5.41) is 10.8.